The summed E-state index contributed by atoms with van der Waals surface area (Å²) in [5.41, 5.74) is 2.41. The van der Waals surface area contributed by atoms with Crippen molar-refractivity contribution in [3.05, 3.63) is 34.8 Å². The SMILES string of the molecule is COc1ccc(N2CC[NH+](CC(=O)Nc3nc4c(s3)C[C@@H](C)CC4)CC2)cc1. The summed E-state index contributed by atoms with van der Waals surface area (Å²) in [6, 6.07) is 8.19. The van der Waals surface area contributed by atoms with Crippen molar-refractivity contribution < 1.29 is 14.4 Å². The number of aromatic nitrogens is 1. The number of thiazole rings is 1. The molecular formula is C21H29N4O2S+. The summed E-state index contributed by atoms with van der Waals surface area (Å²) in [5, 5.41) is 3.82. The number of rotatable bonds is 5. The van der Waals surface area contributed by atoms with Gasteiger partial charge in [-0.1, -0.05) is 6.92 Å². The Morgan fingerprint density at radius 2 is 2.07 bits per heavy atom. The van der Waals surface area contributed by atoms with Crippen LogP contribution in [0.1, 0.15) is 23.9 Å². The van der Waals surface area contributed by atoms with Crippen LogP contribution in [0.2, 0.25) is 0 Å². The second kappa shape index (κ2) is 8.49. The van der Waals surface area contributed by atoms with Crippen LogP contribution >= 0.6 is 11.3 Å². The van der Waals surface area contributed by atoms with Crippen molar-refractivity contribution in [3.8, 4) is 5.75 Å². The number of carbonyl (C=O) groups excluding carboxylic acids is 1. The number of hydrogen-bond acceptors (Lipinski definition) is 5. The quantitative estimate of drug-likeness (QED) is 0.799. The van der Waals surface area contributed by atoms with Gasteiger partial charge in [0.1, 0.15) is 5.75 Å². The lowest BCUT2D eigenvalue weighted by atomic mass is 9.93. The highest BCUT2D eigenvalue weighted by atomic mass is 32.1. The minimum absolute atomic E-state index is 0.0760. The summed E-state index contributed by atoms with van der Waals surface area (Å²) in [5.74, 6) is 1.68. The van der Waals surface area contributed by atoms with Gasteiger partial charge in [-0.25, -0.2) is 4.98 Å². The fraction of sp³-hybridized carbons (Fsp3) is 0.524. The molecular weight excluding hydrogens is 372 g/mol. The Bertz CT molecular complexity index is 812. The number of ether oxygens (including phenoxy) is 1. The Hall–Kier alpha value is -2.12. The number of methoxy groups -OCH3 is 1. The number of carbonyl (C=O) groups is 1. The molecule has 1 aromatic carbocycles. The molecule has 0 radical (unpaired) electrons. The molecule has 0 spiro atoms. The molecule has 1 atom stereocenters. The summed E-state index contributed by atoms with van der Waals surface area (Å²) >= 11 is 1.66. The molecule has 0 bridgehead atoms. The van der Waals surface area contributed by atoms with Gasteiger partial charge in [0, 0.05) is 10.6 Å². The van der Waals surface area contributed by atoms with Crippen LogP contribution in [0, 0.1) is 5.92 Å². The number of hydrogen-bond donors (Lipinski definition) is 2. The van der Waals surface area contributed by atoms with Crippen molar-refractivity contribution >= 4 is 28.1 Å². The van der Waals surface area contributed by atoms with Gasteiger partial charge in [0.05, 0.1) is 39.0 Å². The molecule has 0 saturated carbocycles. The molecule has 1 aliphatic carbocycles. The highest BCUT2D eigenvalue weighted by Crippen LogP contribution is 2.31. The van der Waals surface area contributed by atoms with E-state index in [1.807, 2.05) is 12.1 Å². The van der Waals surface area contributed by atoms with Gasteiger partial charge in [-0.05, 0) is 49.4 Å². The van der Waals surface area contributed by atoms with E-state index in [1.54, 1.807) is 18.4 Å². The van der Waals surface area contributed by atoms with Gasteiger partial charge >= 0.3 is 0 Å². The molecule has 1 amide bonds. The lowest BCUT2D eigenvalue weighted by Crippen LogP contribution is -3.15. The Balaban J connectivity index is 1.26. The van der Waals surface area contributed by atoms with Crippen LogP contribution in [-0.2, 0) is 17.6 Å². The minimum Gasteiger partial charge on any atom is -0.497 e. The predicted octanol–water partition coefficient (Wildman–Crippen LogP) is 1.62. The van der Waals surface area contributed by atoms with Gasteiger partial charge in [-0.15, -0.1) is 11.3 Å². The number of amides is 1. The number of anilines is 2. The molecule has 2 aromatic rings. The molecule has 0 unspecified atom stereocenters. The van der Waals surface area contributed by atoms with E-state index >= 15 is 0 Å². The van der Waals surface area contributed by atoms with Crippen molar-refractivity contribution in [1.29, 1.82) is 0 Å². The predicted molar refractivity (Wildman–Crippen MR) is 113 cm³/mol. The molecule has 2 heterocycles. The van der Waals surface area contributed by atoms with Crippen LogP contribution in [0.4, 0.5) is 10.8 Å². The fourth-order valence-corrected chi connectivity index (χ4v) is 5.22. The van der Waals surface area contributed by atoms with Gasteiger partial charge in [0.25, 0.3) is 5.91 Å². The summed E-state index contributed by atoms with van der Waals surface area (Å²) < 4.78 is 5.23. The Morgan fingerprint density at radius 3 is 2.79 bits per heavy atom. The molecule has 2 aliphatic rings. The van der Waals surface area contributed by atoms with E-state index in [-0.39, 0.29) is 5.91 Å². The normalized spacial score (nSPS) is 19.9. The number of aryl methyl sites for hydroxylation is 1. The van der Waals surface area contributed by atoms with Crippen molar-refractivity contribution in [2.24, 2.45) is 5.92 Å². The zero-order valence-corrected chi connectivity index (χ0v) is 17.5. The van der Waals surface area contributed by atoms with Crippen molar-refractivity contribution in [3.63, 3.8) is 0 Å². The van der Waals surface area contributed by atoms with E-state index in [1.165, 1.54) is 27.6 Å². The largest absolute Gasteiger partial charge is 0.497 e. The number of quaternary nitrogens is 1. The highest BCUT2D eigenvalue weighted by molar-refractivity contribution is 7.15. The third-order valence-corrected chi connectivity index (χ3v) is 6.79. The molecule has 1 saturated heterocycles. The van der Waals surface area contributed by atoms with E-state index in [4.69, 9.17) is 4.74 Å². The zero-order chi connectivity index (χ0) is 19.5. The van der Waals surface area contributed by atoms with Crippen LogP contribution in [0.15, 0.2) is 24.3 Å². The van der Waals surface area contributed by atoms with E-state index in [0.717, 1.165) is 55.8 Å². The fourth-order valence-electron chi connectivity index (χ4n) is 4.03. The number of nitrogens with zero attached hydrogens (tertiary/aromatic N) is 2. The van der Waals surface area contributed by atoms with Crippen LogP contribution in [0.3, 0.4) is 0 Å². The molecule has 1 aromatic heterocycles. The standard InChI is InChI=1S/C21H28N4O2S/c1-15-3-8-18-19(13-15)28-21(22-18)23-20(26)14-24-9-11-25(12-10-24)16-4-6-17(27-2)7-5-16/h4-7,15H,3,8-14H2,1-2H3,(H,22,23,26)/p+1/t15-/m0/s1. The first-order chi connectivity index (χ1) is 13.6. The third-order valence-electron chi connectivity index (χ3n) is 5.75. The summed E-state index contributed by atoms with van der Waals surface area (Å²) in [6.45, 7) is 6.64. The van der Waals surface area contributed by atoms with Crippen molar-refractivity contribution in [2.45, 2.75) is 26.2 Å². The molecule has 4 rings (SSSR count). The highest BCUT2D eigenvalue weighted by Gasteiger charge is 2.24. The Kier molecular flexibility index (Phi) is 5.82. The van der Waals surface area contributed by atoms with Crippen molar-refractivity contribution in [2.75, 3.05) is 50.1 Å². The van der Waals surface area contributed by atoms with E-state index in [9.17, 15) is 4.79 Å². The van der Waals surface area contributed by atoms with Gasteiger partial charge in [0.2, 0.25) is 0 Å². The first-order valence-corrected chi connectivity index (χ1v) is 10.9. The Morgan fingerprint density at radius 1 is 1.32 bits per heavy atom. The van der Waals surface area contributed by atoms with Gasteiger partial charge in [-0.3, -0.25) is 10.1 Å². The molecule has 1 fully saturated rings. The van der Waals surface area contributed by atoms with E-state index in [0.29, 0.717) is 6.54 Å². The number of fused-ring (bicyclic) bond motifs is 1. The topological polar surface area (TPSA) is 58.9 Å². The van der Waals surface area contributed by atoms with Crippen molar-refractivity contribution in [1.82, 2.24) is 4.98 Å². The lowest BCUT2D eigenvalue weighted by Gasteiger charge is -2.33. The molecule has 28 heavy (non-hydrogen) atoms. The zero-order valence-electron chi connectivity index (χ0n) is 16.7. The summed E-state index contributed by atoms with van der Waals surface area (Å²) in [7, 11) is 1.68. The second-order valence-corrected chi connectivity index (χ2v) is 8.98. The maximum Gasteiger partial charge on any atom is 0.281 e. The minimum atomic E-state index is 0.0760. The molecule has 2 N–H and O–H groups in total. The average molecular weight is 402 g/mol. The summed E-state index contributed by atoms with van der Waals surface area (Å²) in [6.07, 6.45) is 3.34. The second-order valence-electron chi connectivity index (χ2n) is 7.90. The molecule has 150 valence electrons. The van der Waals surface area contributed by atoms with Gasteiger partial charge in [0.15, 0.2) is 11.7 Å². The number of piperazine rings is 1. The van der Waals surface area contributed by atoms with Crippen LogP contribution < -0.4 is 19.9 Å². The van der Waals surface area contributed by atoms with Crippen LogP contribution in [0.25, 0.3) is 0 Å². The average Bonchev–Trinajstić information content (AvgIpc) is 3.09. The monoisotopic (exact) mass is 401 g/mol. The molecule has 1 aliphatic heterocycles. The molecule has 7 heteroatoms. The van der Waals surface area contributed by atoms with E-state index in [2.05, 4.69) is 34.3 Å². The maximum atomic E-state index is 12.5. The van der Waals surface area contributed by atoms with E-state index < -0.39 is 0 Å². The number of nitrogens with one attached hydrogen (secondary N) is 2. The molecule has 6 nitrogen and oxygen atoms in total. The van der Waals surface area contributed by atoms with Gasteiger partial charge in [-0.2, -0.15) is 0 Å². The maximum absolute atomic E-state index is 12.5. The smallest absolute Gasteiger partial charge is 0.281 e. The number of benzene rings is 1. The van der Waals surface area contributed by atoms with Crippen LogP contribution in [0.5, 0.6) is 5.75 Å². The summed E-state index contributed by atoms with van der Waals surface area (Å²) in [4.78, 5) is 22.2. The van der Waals surface area contributed by atoms with Gasteiger partial charge < -0.3 is 14.5 Å². The lowest BCUT2D eigenvalue weighted by molar-refractivity contribution is -0.892. The third kappa shape index (κ3) is 4.47. The first-order valence-electron chi connectivity index (χ1n) is 10.1. The first kappa shape index (κ1) is 19.2. The Labute approximate surface area is 170 Å². The van der Waals surface area contributed by atoms with Crippen LogP contribution in [-0.4, -0.2) is 50.7 Å².